The predicted molar refractivity (Wildman–Crippen MR) is 136 cm³/mol. The zero-order valence-corrected chi connectivity index (χ0v) is 20.5. The lowest BCUT2D eigenvalue weighted by molar-refractivity contribution is -0.384. The molecule has 0 saturated carbocycles. The Labute approximate surface area is 208 Å². The highest BCUT2D eigenvalue weighted by atomic mass is 16.6. The van der Waals surface area contributed by atoms with Crippen molar-refractivity contribution < 1.29 is 23.6 Å². The number of rotatable bonds is 8. The number of furan rings is 1. The molecular formula is C28H26N2O6. The first-order chi connectivity index (χ1) is 17.2. The summed E-state index contributed by atoms with van der Waals surface area (Å²) in [5, 5.41) is 14.2. The molecule has 8 nitrogen and oxygen atoms in total. The Balaban J connectivity index is 1.50. The van der Waals surface area contributed by atoms with Crippen LogP contribution in [0.25, 0.3) is 0 Å². The average molecular weight is 487 g/mol. The van der Waals surface area contributed by atoms with Gasteiger partial charge >= 0.3 is 0 Å². The van der Waals surface area contributed by atoms with Gasteiger partial charge in [-0.2, -0.15) is 0 Å². The molecule has 1 heterocycles. The van der Waals surface area contributed by atoms with E-state index in [0.717, 1.165) is 22.3 Å². The number of ether oxygens (including phenoxy) is 2. The SMILES string of the molecule is Cc1cccc(OCc2ccc(C(=O)Nc3cc(Oc4cc(C)cc(C)c4C)cc([N+](=O)[O-])c3)o2)c1. The number of hydrogen-bond acceptors (Lipinski definition) is 6. The van der Waals surface area contributed by atoms with Crippen LogP contribution < -0.4 is 14.8 Å². The number of carbonyl (C=O) groups is 1. The number of anilines is 1. The summed E-state index contributed by atoms with van der Waals surface area (Å²) in [5.74, 6) is 1.49. The van der Waals surface area contributed by atoms with Gasteiger partial charge in [0.25, 0.3) is 11.6 Å². The summed E-state index contributed by atoms with van der Waals surface area (Å²) in [6.45, 7) is 7.96. The third-order valence-corrected chi connectivity index (χ3v) is 5.61. The minimum absolute atomic E-state index is 0.0528. The number of aryl methyl sites for hydroxylation is 3. The molecule has 0 fully saturated rings. The van der Waals surface area contributed by atoms with Gasteiger partial charge in [0.1, 0.15) is 29.6 Å². The number of nitrogens with one attached hydrogen (secondary N) is 1. The first-order valence-electron chi connectivity index (χ1n) is 11.3. The largest absolute Gasteiger partial charge is 0.486 e. The number of nitrogens with zero attached hydrogens (tertiary/aromatic N) is 1. The van der Waals surface area contributed by atoms with Gasteiger partial charge in [-0.25, -0.2) is 0 Å². The average Bonchev–Trinajstić information content (AvgIpc) is 3.30. The molecule has 8 heteroatoms. The van der Waals surface area contributed by atoms with Gasteiger partial charge in [0.05, 0.1) is 16.7 Å². The van der Waals surface area contributed by atoms with E-state index in [9.17, 15) is 14.9 Å². The fraction of sp³-hybridized carbons (Fsp3) is 0.179. The Morgan fingerprint density at radius 2 is 1.75 bits per heavy atom. The van der Waals surface area contributed by atoms with Crippen molar-refractivity contribution in [3.63, 3.8) is 0 Å². The third-order valence-electron chi connectivity index (χ3n) is 5.61. The topological polar surface area (TPSA) is 104 Å². The molecule has 1 amide bonds. The van der Waals surface area contributed by atoms with Gasteiger partial charge in [-0.3, -0.25) is 14.9 Å². The van der Waals surface area contributed by atoms with E-state index in [4.69, 9.17) is 13.9 Å². The van der Waals surface area contributed by atoms with Crippen molar-refractivity contribution in [1.82, 2.24) is 0 Å². The summed E-state index contributed by atoms with van der Waals surface area (Å²) in [4.78, 5) is 23.8. The van der Waals surface area contributed by atoms with Gasteiger partial charge in [0.15, 0.2) is 5.76 Å². The molecule has 0 atom stereocenters. The zero-order valence-electron chi connectivity index (χ0n) is 20.5. The van der Waals surface area contributed by atoms with E-state index in [1.54, 1.807) is 6.07 Å². The molecule has 4 aromatic rings. The highest BCUT2D eigenvalue weighted by Crippen LogP contribution is 2.33. The van der Waals surface area contributed by atoms with Crippen molar-refractivity contribution >= 4 is 17.3 Å². The molecular weight excluding hydrogens is 460 g/mol. The molecule has 4 rings (SSSR count). The van der Waals surface area contributed by atoms with Crippen molar-refractivity contribution in [2.24, 2.45) is 0 Å². The molecule has 0 aliphatic heterocycles. The van der Waals surface area contributed by atoms with E-state index in [0.29, 0.717) is 17.3 Å². The van der Waals surface area contributed by atoms with Crippen LogP contribution in [0.2, 0.25) is 0 Å². The molecule has 0 saturated heterocycles. The summed E-state index contributed by atoms with van der Waals surface area (Å²) in [5.41, 5.74) is 4.04. The number of nitro groups is 1. The standard InChI is InChI=1S/C28H26N2O6/c1-17-6-5-7-23(11-17)34-16-24-8-9-26(35-24)28(31)29-21-13-22(30(32)33)15-25(14-21)36-27-12-18(2)10-19(3)20(27)4/h5-15H,16H2,1-4H3,(H,29,31). The molecule has 184 valence electrons. The van der Waals surface area contributed by atoms with E-state index in [-0.39, 0.29) is 29.5 Å². The quantitative estimate of drug-likeness (QED) is 0.211. The van der Waals surface area contributed by atoms with Gasteiger partial charge in [-0.15, -0.1) is 0 Å². The van der Waals surface area contributed by atoms with E-state index >= 15 is 0 Å². The summed E-state index contributed by atoms with van der Waals surface area (Å²) < 4.78 is 17.3. The second-order valence-corrected chi connectivity index (χ2v) is 8.60. The van der Waals surface area contributed by atoms with Crippen LogP contribution in [0.3, 0.4) is 0 Å². The summed E-state index contributed by atoms with van der Waals surface area (Å²) >= 11 is 0. The minimum Gasteiger partial charge on any atom is -0.486 e. The van der Waals surface area contributed by atoms with Gasteiger partial charge in [0.2, 0.25) is 0 Å². The van der Waals surface area contributed by atoms with Gasteiger partial charge in [-0.1, -0.05) is 18.2 Å². The Morgan fingerprint density at radius 3 is 2.50 bits per heavy atom. The summed E-state index contributed by atoms with van der Waals surface area (Å²) in [6.07, 6.45) is 0. The van der Waals surface area contributed by atoms with Crippen molar-refractivity contribution in [2.75, 3.05) is 5.32 Å². The highest BCUT2D eigenvalue weighted by molar-refractivity contribution is 6.02. The zero-order chi connectivity index (χ0) is 25.8. The van der Waals surface area contributed by atoms with Crippen molar-refractivity contribution in [3.8, 4) is 17.2 Å². The predicted octanol–water partition coefficient (Wildman–Crippen LogP) is 7.05. The monoisotopic (exact) mass is 486 g/mol. The molecule has 0 aliphatic rings. The number of amides is 1. The van der Waals surface area contributed by atoms with Crippen LogP contribution in [-0.2, 0) is 6.61 Å². The van der Waals surface area contributed by atoms with E-state index < -0.39 is 10.8 Å². The Hall–Kier alpha value is -4.59. The normalized spacial score (nSPS) is 10.7. The van der Waals surface area contributed by atoms with E-state index in [1.165, 1.54) is 24.3 Å². The molecule has 1 aromatic heterocycles. The molecule has 0 bridgehead atoms. The van der Waals surface area contributed by atoms with Crippen molar-refractivity contribution in [3.05, 3.63) is 111 Å². The number of non-ortho nitro benzene ring substituents is 1. The van der Waals surface area contributed by atoms with Crippen LogP contribution >= 0.6 is 0 Å². The summed E-state index contributed by atoms with van der Waals surface area (Å²) in [7, 11) is 0. The molecule has 0 aliphatic carbocycles. The lowest BCUT2D eigenvalue weighted by atomic mass is 10.1. The van der Waals surface area contributed by atoms with Crippen molar-refractivity contribution in [2.45, 2.75) is 34.3 Å². The van der Waals surface area contributed by atoms with Gasteiger partial charge < -0.3 is 19.2 Å². The fourth-order valence-corrected chi connectivity index (χ4v) is 3.68. The maximum Gasteiger partial charge on any atom is 0.291 e. The Morgan fingerprint density at radius 1 is 0.944 bits per heavy atom. The lowest BCUT2D eigenvalue weighted by Crippen LogP contribution is -2.11. The molecule has 1 N–H and O–H groups in total. The Kier molecular flexibility index (Phi) is 7.05. The van der Waals surface area contributed by atoms with Crippen molar-refractivity contribution in [1.29, 1.82) is 0 Å². The summed E-state index contributed by atoms with van der Waals surface area (Å²) in [6, 6.07) is 18.8. The third kappa shape index (κ3) is 5.90. The molecule has 3 aromatic carbocycles. The van der Waals surface area contributed by atoms with Crippen LogP contribution in [0, 0.1) is 37.8 Å². The molecule has 36 heavy (non-hydrogen) atoms. The number of nitro benzene ring substituents is 1. The second-order valence-electron chi connectivity index (χ2n) is 8.60. The van der Waals surface area contributed by atoms with Crippen LogP contribution in [0.15, 0.2) is 71.1 Å². The van der Waals surface area contributed by atoms with Crippen LogP contribution in [0.1, 0.15) is 38.6 Å². The van der Waals surface area contributed by atoms with E-state index in [2.05, 4.69) is 5.32 Å². The van der Waals surface area contributed by atoms with Gasteiger partial charge in [-0.05, 0) is 80.3 Å². The second kappa shape index (κ2) is 10.4. The number of benzene rings is 3. The lowest BCUT2D eigenvalue weighted by Gasteiger charge is -2.13. The van der Waals surface area contributed by atoms with Crippen LogP contribution in [0.4, 0.5) is 11.4 Å². The fourth-order valence-electron chi connectivity index (χ4n) is 3.68. The maximum atomic E-state index is 12.8. The van der Waals surface area contributed by atoms with E-state index in [1.807, 2.05) is 64.1 Å². The molecule has 0 unspecified atom stereocenters. The van der Waals surface area contributed by atoms with Crippen LogP contribution in [0.5, 0.6) is 17.2 Å². The van der Waals surface area contributed by atoms with Crippen LogP contribution in [-0.4, -0.2) is 10.8 Å². The first-order valence-corrected chi connectivity index (χ1v) is 11.3. The first kappa shape index (κ1) is 24.5. The van der Waals surface area contributed by atoms with Gasteiger partial charge in [0, 0.05) is 12.1 Å². The number of hydrogen-bond donors (Lipinski definition) is 1. The molecule has 0 radical (unpaired) electrons. The number of carbonyl (C=O) groups excluding carboxylic acids is 1. The maximum absolute atomic E-state index is 12.8. The smallest absolute Gasteiger partial charge is 0.291 e. The Bertz CT molecular complexity index is 1440. The highest BCUT2D eigenvalue weighted by Gasteiger charge is 2.17. The minimum atomic E-state index is -0.550. The molecule has 0 spiro atoms.